The first-order valence-electron chi connectivity index (χ1n) is 6.08. The van der Waals surface area contributed by atoms with Crippen molar-refractivity contribution in [3.63, 3.8) is 0 Å². The van der Waals surface area contributed by atoms with E-state index < -0.39 is 5.60 Å². The van der Waals surface area contributed by atoms with E-state index in [2.05, 4.69) is 17.2 Å². The molecule has 0 saturated carbocycles. The molecule has 0 spiro atoms. The molecule has 2 N–H and O–H groups in total. The van der Waals surface area contributed by atoms with E-state index in [-0.39, 0.29) is 6.61 Å². The number of ether oxygens (including phenoxy) is 1. The third-order valence-corrected chi connectivity index (χ3v) is 2.67. The highest BCUT2D eigenvalue weighted by atomic mass is 16.5. The van der Waals surface area contributed by atoms with Crippen molar-refractivity contribution in [2.75, 3.05) is 13.2 Å². The maximum atomic E-state index is 9.80. The van der Waals surface area contributed by atoms with Crippen LogP contribution in [0.4, 0.5) is 0 Å². The Kier molecular flexibility index (Phi) is 5.38. The maximum Gasteiger partial charge on any atom is 0.137 e. The Hall–Kier alpha value is -1.13. The van der Waals surface area contributed by atoms with Gasteiger partial charge in [0, 0.05) is 6.54 Å². The van der Waals surface area contributed by atoms with Crippen molar-refractivity contribution in [3.8, 4) is 5.75 Å². The largest absolute Gasteiger partial charge is 0.489 e. The van der Waals surface area contributed by atoms with Gasteiger partial charge in [-0.25, -0.2) is 0 Å². The summed E-state index contributed by atoms with van der Waals surface area (Å²) in [6.07, 6.45) is 2.36. The lowest BCUT2D eigenvalue weighted by Crippen LogP contribution is -2.31. The molecule has 0 aliphatic rings. The molecular weight excluding hydrogens is 216 g/mol. The molecule has 0 radical (unpaired) electrons. The third-order valence-electron chi connectivity index (χ3n) is 2.67. The summed E-state index contributed by atoms with van der Waals surface area (Å²) in [5.41, 5.74) is 0.212. The Morgan fingerprint density at radius 1 is 1.41 bits per heavy atom. The number of aromatic nitrogens is 1. The van der Waals surface area contributed by atoms with Crippen molar-refractivity contribution in [2.24, 2.45) is 0 Å². The van der Waals surface area contributed by atoms with Crippen molar-refractivity contribution in [1.82, 2.24) is 10.3 Å². The first-order chi connectivity index (χ1) is 8.07. The van der Waals surface area contributed by atoms with Crippen molar-refractivity contribution in [1.29, 1.82) is 0 Å². The standard InChI is InChI=1S/C13H22N2O2/c1-4-13(3,16)10-17-12-7-6-11(15-9-12)8-14-5-2/h6-7,9,14,16H,4-5,8,10H2,1-3H3. The Bertz CT molecular complexity index is 323. The number of aliphatic hydroxyl groups is 1. The van der Waals surface area contributed by atoms with Crippen LogP contribution in [0.1, 0.15) is 32.9 Å². The molecule has 1 unspecified atom stereocenters. The van der Waals surface area contributed by atoms with Gasteiger partial charge in [-0.05, 0) is 32.0 Å². The van der Waals surface area contributed by atoms with Gasteiger partial charge in [-0.3, -0.25) is 4.98 Å². The molecule has 0 aliphatic heterocycles. The first kappa shape index (κ1) is 13.9. The van der Waals surface area contributed by atoms with Crippen molar-refractivity contribution < 1.29 is 9.84 Å². The fourth-order valence-electron chi connectivity index (χ4n) is 1.19. The van der Waals surface area contributed by atoms with Crippen LogP contribution in [0.5, 0.6) is 5.75 Å². The minimum Gasteiger partial charge on any atom is -0.489 e. The van der Waals surface area contributed by atoms with Gasteiger partial charge in [-0.2, -0.15) is 0 Å². The molecule has 1 atom stereocenters. The molecule has 96 valence electrons. The highest BCUT2D eigenvalue weighted by Crippen LogP contribution is 2.14. The highest BCUT2D eigenvalue weighted by Gasteiger charge is 2.18. The van der Waals surface area contributed by atoms with Crippen LogP contribution >= 0.6 is 0 Å². The van der Waals surface area contributed by atoms with Gasteiger partial charge >= 0.3 is 0 Å². The van der Waals surface area contributed by atoms with Crippen LogP contribution < -0.4 is 10.1 Å². The average Bonchev–Trinajstić information content (AvgIpc) is 2.35. The zero-order valence-corrected chi connectivity index (χ0v) is 10.9. The lowest BCUT2D eigenvalue weighted by atomic mass is 10.1. The quantitative estimate of drug-likeness (QED) is 0.759. The summed E-state index contributed by atoms with van der Waals surface area (Å²) in [5.74, 6) is 0.693. The second-order valence-electron chi connectivity index (χ2n) is 4.40. The van der Waals surface area contributed by atoms with E-state index in [1.165, 1.54) is 0 Å². The first-order valence-corrected chi connectivity index (χ1v) is 6.08. The van der Waals surface area contributed by atoms with Crippen LogP contribution in [0.15, 0.2) is 18.3 Å². The van der Waals surface area contributed by atoms with Gasteiger partial charge in [0.1, 0.15) is 12.4 Å². The van der Waals surface area contributed by atoms with Gasteiger partial charge in [-0.15, -0.1) is 0 Å². The molecule has 1 rings (SSSR count). The van der Waals surface area contributed by atoms with Gasteiger partial charge in [0.15, 0.2) is 0 Å². The molecule has 0 bridgehead atoms. The van der Waals surface area contributed by atoms with Gasteiger partial charge in [0.2, 0.25) is 0 Å². The van der Waals surface area contributed by atoms with E-state index in [4.69, 9.17) is 4.74 Å². The van der Waals surface area contributed by atoms with Crippen LogP contribution in [0.3, 0.4) is 0 Å². The number of nitrogens with one attached hydrogen (secondary N) is 1. The maximum absolute atomic E-state index is 9.80. The summed E-state index contributed by atoms with van der Waals surface area (Å²) in [4.78, 5) is 4.27. The van der Waals surface area contributed by atoms with Crippen LogP contribution in [0.2, 0.25) is 0 Å². The average molecular weight is 238 g/mol. The van der Waals surface area contributed by atoms with E-state index in [0.29, 0.717) is 12.2 Å². The predicted molar refractivity (Wildman–Crippen MR) is 68.0 cm³/mol. The molecule has 1 aromatic rings. The van der Waals surface area contributed by atoms with E-state index in [0.717, 1.165) is 18.8 Å². The number of nitrogens with zero attached hydrogens (tertiary/aromatic N) is 1. The van der Waals surface area contributed by atoms with Crippen LogP contribution in [0, 0.1) is 0 Å². The molecule has 1 heterocycles. The number of pyridine rings is 1. The molecule has 0 amide bonds. The van der Waals surface area contributed by atoms with E-state index in [1.54, 1.807) is 13.1 Å². The summed E-state index contributed by atoms with van der Waals surface area (Å²) in [5, 5.41) is 13.0. The van der Waals surface area contributed by atoms with Crippen LogP contribution in [0.25, 0.3) is 0 Å². The fourth-order valence-corrected chi connectivity index (χ4v) is 1.19. The Morgan fingerprint density at radius 3 is 2.71 bits per heavy atom. The molecule has 4 nitrogen and oxygen atoms in total. The van der Waals surface area contributed by atoms with Crippen LogP contribution in [-0.4, -0.2) is 28.8 Å². The molecular formula is C13H22N2O2. The Morgan fingerprint density at radius 2 is 2.18 bits per heavy atom. The SMILES string of the molecule is CCNCc1ccc(OCC(C)(O)CC)cn1. The fraction of sp³-hybridized carbons (Fsp3) is 0.615. The lowest BCUT2D eigenvalue weighted by molar-refractivity contribution is 0.00835. The zero-order chi connectivity index (χ0) is 12.7. The molecule has 0 aromatic carbocycles. The van der Waals surface area contributed by atoms with Gasteiger partial charge in [0.05, 0.1) is 17.5 Å². The third kappa shape index (κ3) is 5.15. The summed E-state index contributed by atoms with van der Waals surface area (Å²) < 4.78 is 5.49. The highest BCUT2D eigenvalue weighted by molar-refractivity contribution is 5.19. The van der Waals surface area contributed by atoms with Gasteiger partial charge in [-0.1, -0.05) is 13.8 Å². The van der Waals surface area contributed by atoms with E-state index in [1.807, 2.05) is 19.1 Å². The minimum atomic E-state index is -0.775. The topological polar surface area (TPSA) is 54.4 Å². The van der Waals surface area contributed by atoms with Gasteiger partial charge < -0.3 is 15.2 Å². The molecule has 17 heavy (non-hydrogen) atoms. The Balaban J connectivity index is 2.45. The van der Waals surface area contributed by atoms with Crippen molar-refractivity contribution >= 4 is 0 Å². The minimum absolute atomic E-state index is 0.289. The molecule has 0 saturated heterocycles. The molecule has 0 fully saturated rings. The summed E-state index contributed by atoms with van der Waals surface area (Å²) in [6, 6.07) is 3.81. The number of hydrogen-bond acceptors (Lipinski definition) is 4. The molecule has 0 aliphatic carbocycles. The van der Waals surface area contributed by atoms with Crippen molar-refractivity contribution in [3.05, 3.63) is 24.0 Å². The summed E-state index contributed by atoms with van der Waals surface area (Å²) in [6.45, 7) is 7.74. The lowest BCUT2D eigenvalue weighted by Gasteiger charge is -2.21. The molecule has 4 heteroatoms. The van der Waals surface area contributed by atoms with E-state index in [9.17, 15) is 5.11 Å². The van der Waals surface area contributed by atoms with Crippen molar-refractivity contribution in [2.45, 2.75) is 39.3 Å². The number of hydrogen-bond donors (Lipinski definition) is 2. The smallest absolute Gasteiger partial charge is 0.137 e. The summed E-state index contributed by atoms with van der Waals surface area (Å²) in [7, 11) is 0. The predicted octanol–water partition coefficient (Wildman–Crippen LogP) is 1.73. The second kappa shape index (κ2) is 6.57. The monoisotopic (exact) mass is 238 g/mol. The zero-order valence-electron chi connectivity index (χ0n) is 10.9. The van der Waals surface area contributed by atoms with Crippen LogP contribution in [-0.2, 0) is 6.54 Å². The normalized spacial score (nSPS) is 14.4. The number of rotatable bonds is 7. The van der Waals surface area contributed by atoms with Gasteiger partial charge in [0.25, 0.3) is 0 Å². The Labute approximate surface area is 103 Å². The van der Waals surface area contributed by atoms with E-state index >= 15 is 0 Å². The second-order valence-corrected chi connectivity index (χ2v) is 4.40. The summed E-state index contributed by atoms with van der Waals surface area (Å²) >= 11 is 0. The molecule has 1 aromatic heterocycles.